The van der Waals surface area contributed by atoms with E-state index in [0.717, 1.165) is 24.5 Å². The first-order valence-electron chi connectivity index (χ1n) is 9.19. The molecule has 2 aliphatic heterocycles. The topological polar surface area (TPSA) is 91.3 Å². The van der Waals surface area contributed by atoms with E-state index in [-0.39, 0.29) is 12.0 Å². The van der Waals surface area contributed by atoms with E-state index < -0.39 is 11.7 Å². The van der Waals surface area contributed by atoms with E-state index in [0.29, 0.717) is 32.5 Å². The molecule has 1 atom stereocenters. The van der Waals surface area contributed by atoms with Crippen molar-refractivity contribution in [3.8, 4) is 0 Å². The third kappa shape index (κ3) is 4.70. The van der Waals surface area contributed by atoms with Crippen molar-refractivity contribution < 1.29 is 24.2 Å². The number of methoxy groups -OCH3 is 1. The zero-order valence-electron chi connectivity index (χ0n) is 15.8. The van der Waals surface area contributed by atoms with Gasteiger partial charge in [0.1, 0.15) is 6.10 Å². The van der Waals surface area contributed by atoms with Crippen LogP contribution in [0.25, 0.3) is 0 Å². The second-order valence-corrected chi connectivity index (χ2v) is 7.21. The molecule has 2 N–H and O–H groups in total. The molecule has 8 heteroatoms. The van der Waals surface area contributed by atoms with Gasteiger partial charge in [0.25, 0.3) is 0 Å². The van der Waals surface area contributed by atoms with Gasteiger partial charge in [-0.15, -0.1) is 0 Å². The van der Waals surface area contributed by atoms with Gasteiger partial charge in [-0.3, -0.25) is 9.69 Å². The van der Waals surface area contributed by atoms with Crippen LogP contribution in [0, 0.1) is 0 Å². The van der Waals surface area contributed by atoms with Crippen molar-refractivity contribution >= 4 is 23.4 Å². The summed E-state index contributed by atoms with van der Waals surface area (Å²) >= 11 is 0. The number of carbonyl (C=O) groups is 2. The van der Waals surface area contributed by atoms with Crippen molar-refractivity contribution in [3.05, 3.63) is 24.3 Å². The van der Waals surface area contributed by atoms with Gasteiger partial charge < -0.3 is 24.8 Å². The Labute approximate surface area is 159 Å². The van der Waals surface area contributed by atoms with Gasteiger partial charge in [0.15, 0.2) is 0 Å². The van der Waals surface area contributed by atoms with Crippen LogP contribution in [0.2, 0.25) is 0 Å². The van der Waals surface area contributed by atoms with E-state index >= 15 is 0 Å². The Morgan fingerprint density at radius 2 is 1.93 bits per heavy atom. The number of rotatable bonds is 6. The van der Waals surface area contributed by atoms with Crippen LogP contribution < -0.4 is 15.1 Å². The average molecular weight is 377 g/mol. The number of aliphatic hydroxyl groups is 1. The number of nitrogens with one attached hydrogen (secondary N) is 1. The lowest BCUT2D eigenvalue weighted by Crippen LogP contribution is -2.47. The van der Waals surface area contributed by atoms with Gasteiger partial charge in [-0.1, -0.05) is 0 Å². The molecule has 0 aliphatic carbocycles. The lowest BCUT2D eigenvalue weighted by Gasteiger charge is -2.39. The molecule has 27 heavy (non-hydrogen) atoms. The number of benzene rings is 1. The van der Waals surface area contributed by atoms with Crippen molar-refractivity contribution in [2.75, 3.05) is 49.7 Å². The molecule has 0 bridgehead atoms. The molecule has 0 unspecified atom stereocenters. The number of nitrogens with zero attached hydrogens (tertiary/aromatic N) is 2. The maximum Gasteiger partial charge on any atom is 0.414 e. The maximum absolute atomic E-state index is 12.1. The highest BCUT2D eigenvalue weighted by Crippen LogP contribution is 2.29. The van der Waals surface area contributed by atoms with Crippen LogP contribution in [-0.4, -0.2) is 68.7 Å². The fourth-order valence-electron chi connectivity index (χ4n) is 3.53. The molecule has 0 saturated carbocycles. The summed E-state index contributed by atoms with van der Waals surface area (Å²) in [5, 5.41) is 13.1. The first-order valence-corrected chi connectivity index (χ1v) is 9.19. The van der Waals surface area contributed by atoms with E-state index in [1.54, 1.807) is 12.0 Å². The predicted molar refractivity (Wildman–Crippen MR) is 101 cm³/mol. The van der Waals surface area contributed by atoms with Crippen molar-refractivity contribution in [3.63, 3.8) is 0 Å². The molecule has 2 amide bonds. The standard InChI is InChI=1S/C19H27N3O5/c1-14(23)20-11-17-12-22(18(24)27-17)16-5-3-15(4-6-16)21-9-7-19(25,8-10-21)13-26-2/h3-6,17,25H,7-13H2,1-2H3,(H,20,23)/t17-/m0/s1. The zero-order valence-corrected chi connectivity index (χ0v) is 15.8. The van der Waals surface area contributed by atoms with Crippen molar-refractivity contribution in [1.29, 1.82) is 0 Å². The molecule has 1 aromatic carbocycles. The Hall–Kier alpha value is -2.32. The van der Waals surface area contributed by atoms with Gasteiger partial charge in [-0.05, 0) is 37.1 Å². The fraction of sp³-hybridized carbons (Fsp3) is 0.579. The molecule has 148 valence electrons. The molecule has 2 aliphatic rings. The first-order chi connectivity index (χ1) is 12.9. The van der Waals surface area contributed by atoms with Gasteiger partial charge in [0, 0.05) is 38.5 Å². The molecule has 0 radical (unpaired) electrons. The highest BCUT2D eigenvalue weighted by molar-refractivity contribution is 5.90. The van der Waals surface area contributed by atoms with Crippen LogP contribution in [0.15, 0.2) is 24.3 Å². The molecule has 2 heterocycles. The summed E-state index contributed by atoms with van der Waals surface area (Å²) in [4.78, 5) is 26.9. The Morgan fingerprint density at radius 3 is 2.52 bits per heavy atom. The van der Waals surface area contributed by atoms with Gasteiger partial charge in [-0.2, -0.15) is 0 Å². The second kappa shape index (κ2) is 8.14. The van der Waals surface area contributed by atoms with Crippen molar-refractivity contribution in [2.24, 2.45) is 0 Å². The summed E-state index contributed by atoms with van der Waals surface area (Å²) < 4.78 is 10.4. The summed E-state index contributed by atoms with van der Waals surface area (Å²) in [6.07, 6.45) is 0.569. The summed E-state index contributed by atoms with van der Waals surface area (Å²) in [6.45, 7) is 4.02. The minimum absolute atomic E-state index is 0.146. The average Bonchev–Trinajstić information content (AvgIpc) is 3.02. The molecule has 0 spiro atoms. The fourth-order valence-corrected chi connectivity index (χ4v) is 3.53. The van der Waals surface area contributed by atoms with E-state index in [2.05, 4.69) is 10.2 Å². The number of ether oxygens (including phenoxy) is 2. The normalized spacial score (nSPS) is 21.9. The van der Waals surface area contributed by atoms with Crippen LogP contribution in [0.1, 0.15) is 19.8 Å². The Kier molecular flexibility index (Phi) is 5.86. The van der Waals surface area contributed by atoms with Crippen LogP contribution >= 0.6 is 0 Å². The van der Waals surface area contributed by atoms with E-state index in [1.807, 2.05) is 24.3 Å². The molecule has 8 nitrogen and oxygen atoms in total. The second-order valence-electron chi connectivity index (χ2n) is 7.21. The number of hydrogen-bond donors (Lipinski definition) is 2. The van der Waals surface area contributed by atoms with Crippen LogP contribution in [-0.2, 0) is 14.3 Å². The minimum Gasteiger partial charge on any atom is -0.442 e. The van der Waals surface area contributed by atoms with Gasteiger partial charge >= 0.3 is 6.09 Å². The van der Waals surface area contributed by atoms with Gasteiger partial charge in [0.2, 0.25) is 5.91 Å². The molecule has 1 aromatic rings. The van der Waals surface area contributed by atoms with Gasteiger partial charge in [-0.25, -0.2) is 4.79 Å². The minimum atomic E-state index is -0.743. The Morgan fingerprint density at radius 1 is 1.30 bits per heavy atom. The molecule has 0 aromatic heterocycles. The smallest absolute Gasteiger partial charge is 0.414 e. The number of piperidine rings is 1. The third-order valence-corrected chi connectivity index (χ3v) is 5.09. The SMILES string of the molecule is COCC1(O)CCN(c2ccc(N3C[C@H](CNC(C)=O)OC3=O)cc2)CC1. The molecular weight excluding hydrogens is 350 g/mol. The van der Waals surface area contributed by atoms with Gasteiger partial charge in [0.05, 0.1) is 25.3 Å². The zero-order chi connectivity index (χ0) is 19.4. The summed E-state index contributed by atoms with van der Waals surface area (Å²) in [5.41, 5.74) is 1.08. The van der Waals surface area contributed by atoms with Crippen molar-refractivity contribution in [2.45, 2.75) is 31.5 Å². The molecule has 3 rings (SSSR count). The third-order valence-electron chi connectivity index (χ3n) is 5.09. The number of hydrogen-bond acceptors (Lipinski definition) is 6. The van der Waals surface area contributed by atoms with Crippen LogP contribution in [0.3, 0.4) is 0 Å². The molecule has 2 saturated heterocycles. The maximum atomic E-state index is 12.1. The van der Waals surface area contributed by atoms with E-state index in [4.69, 9.17) is 9.47 Å². The molecular formula is C19H27N3O5. The summed E-state index contributed by atoms with van der Waals surface area (Å²) in [6, 6.07) is 7.75. The Bertz CT molecular complexity index is 670. The number of carbonyl (C=O) groups excluding carboxylic acids is 2. The highest BCUT2D eigenvalue weighted by Gasteiger charge is 2.34. The Balaban J connectivity index is 1.58. The van der Waals surface area contributed by atoms with Crippen LogP contribution in [0.5, 0.6) is 0 Å². The molecule has 2 fully saturated rings. The van der Waals surface area contributed by atoms with Crippen LogP contribution in [0.4, 0.5) is 16.2 Å². The van der Waals surface area contributed by atoms with E-state index in [1.165, 1.54) is 6.92 Å². The van der Waals surface area contributed by atoms with Crippen molar-refractivity contribution in [1.82, 2.24) is 5.32 Å². The first kappa shape index (κ1) is 19.4. The largest absolute Gasteiger partial charge is 0.442 e. The quantitative estimate of drug-likeness (QED) is 0.772. The lowest BCUT2D eigenvalue weighted by molar-refractivity contribution is -0.119. The highest BCUT2D eigenvalue weighted by atomic mass is 16.6. The lowest BCUT2D eigenvalue weighted by atomic mass is 9.92. The summed E-state index contributed by atoms with van der Waals surface area (Å²) in [5.74, 6) is -0.146. The predicted octanol–water partition coefficient (Wildman–Crippen LogP) is 1.13. The summed E-state index contributed by atoms with van der Waals surface area (Å²) in [7, 11) is 1.60. The van der Waals surface area contributed by atoms with E-state index in [9.17, 15) is 14.7 Å². The number of cyclic esters (lactones) is 1. The number of amides is 2. The number of anilines is 2. The monoisotopic (exact) mass is 377 g/mol.